The van der Waals surface area contributed by atoms with Crippen molar-refractivity contribution in [3.63, 3.8) is 0 Å². The van der Waals surface area contributed by atoms with Crippen molar-refractivity contribution in [2.24, 2.45) is 5.73 Å². The van der Waals surface area contributed by atoms with E-state index in [1.165, 1.54) is 6.07 Å². The van der Waals surface area contributed by atoms with Crippen LogP contribution in [-0.4, -0.2) is 9.30 Å². The van der Waals surface area contributed by atoms with Gasteiger partial charge in [-0.3, -0.25) is 0 Å². The molecule has 0 aliphatic carbocycles. The van der Waals surface area contributed by atoms with Gasteiger partial charge in [0.1, 0.15) is 22.5 Å². The van der Waals surface area contributed by atoms with Crippen LogP contribution in [0.2, 0.25) is 0 Å². The summed E-state index contributed by atoms with van der Waals surface area (Å²) < 4.78 is 40.5. The number of benzene rings is 1. The van der Waals surface area contributed by atoms with Crippen LogP contribution >= 0.6 is 0 Å². The Hall–Kier alpha value is -0.690. The van der Waals surface area contributed by atoms with Crippen molar-refractivity contribution >= 4 is 11.4 Å². The predicted molar refractivity (Wildman–Crippen MR) is 64.3 cm³/mol. The van der Waals surface area contributed by atoms with Gasteiger partial charge < -0.3 is 10.3 Å². The van der Waals surface area contributed by atoms with Crippen molar-refractivity contribution < 1.29 is 13.3 Å². The second-order valence-corrected chi connectivity index (χ2v) is 6.61. The molecule has 0 aromatic heterocycles. The van der Waals surface area contributed by atoms with E-state index in [2.05, 4.69) is 4.72 Å². The minimum Gasteiger partial charge on any atom is -0.598 e. The molecule has 1 aromatic carbocycles. The summed E-state index contributed by atoms with van der Waals surface area (Å²) in [6.45, 7) is 5.21. The molecule has 0 fully saturated rings. The van der Waals surface area contributed by atoms with E-state index in [9.17, 15) is 13.3 Å². The topological polar surface area (TPSA) is 61.1 Å². The Morgan fingerprint density at radius 1 is 1.29 bits per heavy atom. The summed E-state index contributed by atoms with van der Waals surface area (Å²) in [5.74, 6) is -1.51. The monoisotopic (exact) mass is 262 g/mol. The summed E-state index contributed by atoms with van der Waals surface area (Å²) in [7, 11) is 0. The SMILES string of the molecule is CC(C)(C)[S+]([O-])N[C@@H](N)c1c(F)cccc1F. The van der Waals surface area contributed by atoms with Crippen molar-refractivity contribution in [1.82, 2.24) is 4.72 Å². The van der Waals surface area contributed by atoms with E-state index in [4.69, 9.17) is 5.73 Å². The Kier molecular flexibility index (Phi) is 4.48. The molecule has 0 saturated carbocycles. The summed E-state index contributed by atoms with van der Waals surface area (Å²) >= 11 is -1.49. The lowest BCUT2D eigenvalue weighted by molar-refractivity contribution is 0.494. The van der Waals surface area contributed by atoms with Crippen LogP contribution in [0, 0.1) is 11.6 Å². The van der Waals surface area contributed by atoms with Crippen molar-refractivity contribution in [1.29, 1.82) is 0 Å². The third-order valence-electron chi connectivity index (χ3n) is 2.10. The molecule has 96 valence electrons. The van der Waals surface area contributed by atoms with Gasteiger partial charge in [0.05, 0.1) is 5.56 Å². The maximum atomic E-state index is 13.4. The molecule has 0 heterocycles. The van der Waals surface area contributed by atoms with Crippen LogP contribution in [0.3, 0.4) is 0 Å². The first-order chi connectivity index (χ1) is 7.73. The molecule has 1 aromatic rings. The number of rotatable bonds is 3. The van der Waals surface area contributed by atoms with Gasteiger partial charge in [0.25, 0.3) is 0 Å². The number of hydrogen-bond acceptors (Lipinski definition) is 3. The summed E-state index contributed by atoms with van der Waals surface area (Å²) in [5.41, 5.74) is 5.31. The van der Waals surface area contributed by atoms with Crippen molar-refractivity contribution in [3.05, 3.63) is 35.4 Å². The van der Waals surface area contributed by atoms with Gasteiger partial charge in [0.2, 0.25) is 0 Å². The Labute approximate surface area is 103 Å². The lowest BCUT2D eigenvalue weighted by Gasteiger charge is -2.26. The fourth-order valence-corrected chi connectivity index (χ4v) is 1.86. The molecule has 3 nitrogen and oxygen atoms in total. The average Bonchev–Trinajstić information content (AvgIpc) is 2.15. The Morgan fingerprint density at radius 3 is 2.18 bits per heavy atom. The first-order valence-corrected chi connectivity index (χ1v) is 6.26. The minimum atomic E-state index is -1.49. The highest BCUT2D eigenvalue weighted by Gasteiger charge is 2.30. The van der Waals surface area contributed by atoms with Gasteiger partial charge in [-0.1, -0.05) is 6.07 Å². The molecule has 6 heteroatoms. The smallest absolute Gasteiger partial charge is 0.137 e. The maximum absolute atomic E-state index is 13.4. The van der Waals surface area contributed by atoms with Gasteiger partial charge in [0, 0.05) is 11.4 Å². The first kappa shape index (κ1) is 14.4. The van der Waals surface area contributed by atoms with Gasteiger partial charge in [-0.2, -0.15) is 0 Å². The fraction of sp³-hybridized carbons (Fsp3) is 0.455. The lowest BCUT2D eigenvalue weighted by atomic mass is 10.1. The van der Waals surface area contributed by atoms with Gasteiger partial charge in [0.15, 0.2) is 0 Å². The number of hydrogen-bond donors (Lipinski definition) is 2. The van der Waals surface area contributed by atoms with Crippen LogP contribution in [0.25, 0.3) is 0 Å². The molecule has 0 bridgehead atoms. The third-order valence-corrected chi connectivity index (χ3v) is 3.68. The summed E-state index contributed by atoms with van der Waals surface area (Å²) in [6.07, 6.45) is -1.14. The molecular weight excluding hydrogens is 246 g/mol. The third kappa shape index (κ3) is 3.64. The molecule has 0 spiro atoms. The van der Waals surface area contributed by atoms with Crippen LogP contribution in [-0.2, 0) is 11.4 Å². The van der Waals surface area contributed by atoms with Crippen LogP contribution in [0.15, 0.2) is 18.2 Å². The zero-order valence-electron chi connectivity index (χ0n) is 9.96. The van der Waals surface area contributed by atoms with E-state index in [-0.39, 0.29) is 5.56 Å². The van der Waals surface area contributed by atoms with E-state index in [0.717, 1.165) is 12.1 Å². The molecule has 0 aliphatic rings. The number of nitrogens with one attached hydrogen (secondary N) is 1. The van der Waals surface area contributed by atoms with E-state index < -0.39 is 33.9 Å². The van der Waals surface area contributed by atoms with E-state index in [1.54, 1.807) is 20.8 Å². The highest BCUT2D eigenvalue weighted by molar-refractivity contribution is 7.90. The predicted octanol–water partition coefficient (Wildman–Crippen LogP) is 1.97. The average molecular weight is 262 g/mol. The van der Waals surface area contributed by atoms with E-state index >= 15 is 0 Å². The zero-order valence-corrected chi connectivity index (χ0v) is 10.8. The molecular formula is C11H16F2N2OS. The molecule has 0 amide bonds. The van der Waals surface area contributed by atoms with E-state index in [1.807, 2.05) is 0 Å². The van der Waals surface area contributed by atoms with E-state index in [0.29, 0.717) is 0 Å². The summed E-state index contributed by atoms with van der Waals surface area (Å²) in [5, 5.41) is 0. The minimum absolute atomic E-state index is 0.301. The maximum Gasteiger partial charge on any atom is 0.137 e. The van der Waals surface area contributed by atoms with Crippen molar-refractivity contribution in [2.75, 3.05) is 0 Å². The normalized spacial score (nSPS) is 15.7. The van der Waals surface area contributed by atoms with Gasteiger partial charge in [-0.05, 0) is 32.9 Å². The number of nitrogens with two attached hydrogens (primary N) is 1. The van der Waals surface area contributed by atoms with Gasteiger partial charge >= 0.3 is 0 Å². The molecule has 1 rings (SSSR count). The Balaban J connectivity index is 2.87. The second kappa shape index (κ2) is 5.30. The largest absolute Gasteiger partial charge is 0.598 e. The molecule has 2 atom stereocenters. The summed E-state index contributed by atoms with van der Waals surface area (Å²) in [6, 6.07) is 3.47. The standard InChI is InChI=1S/C11H16F2N2OS/c1-11(2,3)17(16)15-10(14)9-7(12)5-4-6-8(9)13/h4-6,10,15H,14H2,1-3H3/t10-,17?/m1/s1. The van der Waals surface area contributed by atoms with Crippen LogP contribution in [0.4, 0.5) is 8.78 Å². The molecule has 17 heavy (non-hydrogen) atoms. The molecule has 0 saturated heterocycles. The van der Waals surface area contributed by atoms with Crippen LogP contribution in [0.5, 0.6) is 0 Å². The highest BCUT2D eigenvalue weighted by atomic mass is 32.2. The Morgan fingerprint density at radius 2 is 1.76 bits per heavy atom. The quantitative estimate of drug-likeness (QED) is 0.646. The fourth-order valence-electron chi connectivity index (χ4n) is 1.16. The second-order valence-electron chi connectivity index (χ2n) is 4.61. The van der Waals surface area contributed by atoms with Gasteiger partial charge in [-0.15, -0.1) is 4.72 Å². The molecule has 0 aliphatic heterocycles. The molecule has 3 N–H and O–H groups in total. The number of halogens is 2. The van der Waals surface area contributed by atoms with Crippen molar-refractivity contribution in [2.45, 2.75) is 31.7 Å². The van der Waals surface area contributed by atoms with Crippen molar-refractivity contribution in [3.8, 4) is 0 Å². The van der Waals surface area contributed by atoms with Crippen LogP contribution in [0.1, 0.15) is 32.5 Å². The van der Waals surface area contributed by atoms with Gasteiger partial charge in [-0.25, -0.2) is 8.78 Å². The first-order valence-electron chi connectivity index (χ1n) is 5.11. The summed E-state index contributed by atoms with van der Waals surface area (Å²) in [4.78, 5) is 0. The molecule has 1 unspecified atom stereocenters. The lowest BCUT2D eigenvalue weighted by Crippen LogP contribution is -2.44. The highest BCUT2D eigenvalue weighted by Crippen LogP contribution is 2.21. The zero-order chi connectivity index (χ0) is 13.2. The molecule has 0 radical (unpaired) electrons. The Bertz CT molecular complexity index is 375. The van der Waals surface area contributed by atoms with Crippen LogP contribution < -0.4 is 10.5 Å².